The number of ether oxygens (including phenoxy) is 1. The van der Waals surface area contributed by atoms with E-state index in [9.17, 15) is 10.2 Å². The molecule has 0 aliphatic rings. The van der Waals surface area contributed by atoms with Gasteiger partial charge in [0.2, 0.25) is 0 Å². The molecule has 120 valence electrons. The minimum atomic E-state index is -0.710. The van der Waals surface area contributed by atoms with Gasteiger partial charge in [0.15, 0.2) is 0 Å². The van der Waals surface area contributed by atoms with Crippen molar-refractivity contribution in [3.8, 4) is 5.75 Å². The first-order valence-electron chi connectivity index (χ1n) is 7.82. The van der Waals surface area contributed by atoms with E-state index in [-0.39, 0.29) is 5.92 Å². The zero-order valence-electron chi connectivity index (χ0n) is 14.2. The third-order valence-corrected chi connectivity index (χ3v) is 3.69. The summed E-state index contributed by atoms with van der Waals surface area (Å²) in [5, 5.41) is 19.4. The fourth-order valence-electron chi connectivity index (χ4n) is 2.49. The van der Waals surface area contributed by atoms with Gasteiger partial charge in [0.25, 0.3) is 0 Å². The Labute approximate surface area is 129 Å². The molecule has 0 spiro atoms. The second-order valence-corrected chi connectivity index (χ2v) is 6.65. The van der Waals surface area contributed by atoms with Crippen LogP contribution in [0.5, 0.6) is 5.75 Å². The molecule has 1 aromatic rings. The number of aliphatic hydroxyl groups is 2. The zero-order valence-corrected chi connectivity index (χ0v) is 14.2. The highest BCUT2D eigenvalue weighted by atomic mass is 16.5. The molecule has 0 heterocycles. The summed E-state index contributed by atoms with van der Waals surface area (Å²) in [7, 11) is 0. The molecule has 0 aliphatic heterocycles. The van der Waals surface area contributed by atoms with Crippen LogP contribution in [0.1, 0.15) is 56.7 Å². The Kier molecular flexibility index (Phi) is 6.69. The standard InChI is InChI=1S/C18H30O3/c1-11(2)10-21-18-14(5)7-12(3)8-16(18)13(4)9-17(20)15(6)19/h7-8,11,13,15,17,19-20H,9-10H2,1-6H3. The van der Waals surface area contributed by atoms with Gasteiger partial charge >= 0.3 is 0 Å². The van der Waals surface area contributed by atoms with Crippen LogP contribution in [-0.2, 0) is 0 Å². The molecule has 0 aliphatic carbocycles. The lowest BCUT2D eigenvalue weighted by Gasteiger charge is -2.23. The van der Waals surface area contributed by atoms with E-state index in [1.807, 2.05) is 0 Å². The van der Waals surface area contributed by atoms with Crippen LogP contribution in [0.25, 0.3) is 0 Å². The molecule has 1 aromatic carbocycles. The van der Waals surface area contributed by atoms with Crippen molar-refractivity contribution in [2.24, 2.45) is 5.92 Å². The van der Waals surface area contributed by atoms with Gasteiger partial charge in [-0.1, -0.05) is 38.5 Å². The topological polar surface area (TPSA) is 49.7 Å². The molecule has 21 heavy (non-hydrogen) atoms. The predicted molar refractivity (Wildman–Crippen MR) is 87.0 cm³/mol. The Morgan fingerprint density at radius 1 is 1.05 bits per heavy atom. The minimum Gasteiger partial charge on any atom is -0.493 e. The molecule has 0 amide bonds. The van der Waals surface area contributed by atoms with Gasteiger partial charge in [-0.2, -0.15) is 0 Å². The van der Waals surface area contributed by atoms with Crippen molar-refractivity contribution in [3.63, 3.8) is 0 Å². The summed E-state index contributed by atoms with van der Waals surface area (Å²) in [6.07, 6.45) is -0.893. The Morgan fingerprint density at radius 3 is 2.19 bits per heavy atom. The maximum absolute atomic E-state index is 9.91. The summed E-state index contributed by atoms with van der Waals surface area (Å²) < 4.78 is 6.00. The van der Waals surface area contributed by atoms with Gasteiger partial charge in [0.1, 0.15) is 5.75 Å². The summed E-state index contributed by atoms with van der Waals surface area (Å²) >= 11 is 0. The lowest BCUT2D eigenvalue weighted by Crippen LogP contribution is -2.24. The molecule has 0 bridgehead atoms. The fraction of sp³-hybridized carbons (Fsp3) is 0.667. The molecular formula is C18H30O3. The SMILES string of the molecule is Cc1cc(C)c(OCC(C)C)c(C(C)CC(O)C(C)O)c1. The number of aliphatic hydroxyl groups excluding tert-OH is 2. The van der Waals surface area contributed by atoms with Gasteiger partial charge in [-0.3, -0.25) is 0 Å². The maximum Gasteiger partial charge on any atom is 0.125 e. The van der Waals surface area contributed by atoms with Crippen molar-refractivity contribution in [1.29, 1.82) is 0 Å². The van der Waals surface area contributed by atoms with Crippen molar-refractivity contribution in [1.82, 2.24) is 0 Å². The van der Waals surface area contributed by atoms with Crippen molar-refractivity contribution in [2.75, 3.05) is 6.61 Å². The normalized spacial score (nSPS) is 15.9. The molecule has 3 nitrogen and oxygen atoms in total. The van der Waals surface area contributed by atoms with Gasteiger partial charge in [0.05, 0.1) is 18.8 Å². The molecule has 3 unspecified atom stereocenters. The molecule has 3 atom stereocenters. The first kappa shape index (κ1) is 18.0. The lowest BCUT2D eigenvalue weighted by atomic mass is 9.90. The summed E-state index contributed by atoms with van der Waals surface area (Å²) in [5.74, 6) is 1.53. The van der Waals surface area contributed by atoms with Crippen LogP contribution in [0.3, 0.4) is 0 Å². The second-order valence-electron chi connectivity index (χ2n) is 6.65. The van der Waals surface area contributed by atoms with Crippen molar-refractivity contribution < 1.29 is 14.9 Å². The minimum absolute atomic E-state index is 0.135. The molecule has 0 aromatic heterocycles. The molecule has 0 radical (unpaired) electrons. The number of hydrogen-bond donors (Lipinski definition) is 2. The van der Waals surface area contributed by atoms with Crippen LogP contribution in [0.15, 0.2) is 12.1 Å². The molecule has 2 N–H and O–H groups in total. The van der Waals surface area contributed by atoms with E-state index in [1.54, 1.807) is 6.92 Å². The van der Waals surface area contributed by atoms with Crippen LogP contribution in [0, 0.1) is 19.8 Å². The smallest absolute Gasteiger partial charge is 0.125 e. The van der Waals surface area contributed by atoms with Gasteiger partial charge in [-0.25, -0.2) is 0 Å². The first-order chi connectivity index (χ1) is 9.72. The van der Waals surface area contributed by atoms with Gasteiger partial charge in [0, 0.05) is 0 Å². The summed E-state index contributed by atoms with van der Waals surface area (Å²) in [6, 6.07) is 4.25. The number of aryl methyl sites for hydroxylation is 2. The third kappa shape index (κ3) is 5.33. The fourth-order valence-corrected chi connectivity index (χ4v) is 2.49. The Bertz CT molecular complexity index is 452. The summed E-state index contributed by atoms with van der Waals surface area (Å²) in [4.78, 5) is 0. The van der Waals surface area contributed by atoms with Crippen LogP contribution in [0.2, 0.25) is 0 Å². The van der Waals surface area contributed by atoms with E-state index in [2.05, 4.69) is 46.8 Å². The molecular weight excluding hydrogens is 264 g/mol. The monoisotopic (exact) mass is 294 g/mol. The van der Waals surface area contributed by atoms with Crippen LogP contribution >= 0.6 is 0 Å². The average molecular weight is 294 g/mol. The molecule has 3 heteroatoms. The van der Waals surface area contributed by atoms with E-state index in [1.165, 1.54) is 5.56 Å². The lowest BCUT2D eigenvalue weighted by molar-refractivity contribution is 0.0225. The molecule has 0 saturated carbocycles. The van der Waals surface area contributed by atoms with Gasteiger partial charge < -0.3 is 14.9 Å². The van der Waals surface area contributed by atoms with E-state index in [0.29, 0.717) is 18.9 Å². The van der Waals surface area contributed by atoms with Gasteiger partial charge in [-0.15, -0.1) is 0 Å². The highest BCUT2D eigenvalue weighted by molar-refractivity contribution is 5.45. The van der Waals surface area contributed by atoms with Gasteiger partial charge in [-0.05, 0) is 50.2 Å². The summed E-state index contributed by atoms with van der Waals surface area (Å²) in [5.41, 5.74) is 3.44. The first-order valence-corrected chi connectivity index (χ1v) is 7.82. The second kappa shape index (κ2) is 7.81. The van der Waals surface area contributed by atoms with E-state index in [4.69, 9.17) is 4.74 Å². The van der Waals surface area contributed by atoms with E-state index >= 15 is 0 Å². The number of rotatable bonds is 7. The highest BCUT2D eigenvalue weighted by Crippen LogP contribution is 2.34. The van der Waals surface area contributed by atoms with Crippen molar-refractivity contribution in [2.45, 2.75) is 66.1 Å². The molecule has 1 rings (SSSR count). The maximum atomic E-state index is 9.91. The number of benzene rings is 1. The predicted octanol–water partition coefficient (Wildman–Crippen LogP) is 3.57. The molecule has 0 saturated heterocycles. The van der Waals surface area contributed by atoms with Crippen molar-refractivity contribution >= 4 is 0 Å². The highest BCUT2D eigenvalue weighted by Gasteiger charge is 2.20. The van der Waals surface area contributed by atoms with E-state index in [0.717, 1.165) is 16.9 Å². The van der Waals surface area contributed by atoms with Crippen LogP contribution in [-0.4, -0.2) is 29.0 Å². The zero-order chi connectivity index (χ0) is 16.2. The Hall–Kier alpha value is -1.06. The van der Waals surface area contributed by atoms with Crippen LogP contribution < -0.4 is 4.74 Å². The van der Waals surface area contributed by atoms with Crippen molar-refractivity contribution in [3.05, 3.63) is 28.8 Å². The Balaban J connectivity index is 3.02. The number of hydrogen-bond acceptors (Lipinski definition) is 3. The van der Waals surface area contributed by atoms with E-state index < -0.39 is 12.2 Å². The third-order valence-electron chi connectivity index (χ3n) is 3.69. The largest absolute Gasteiger partial charge is 0.493 e. The quantitative estimate of drug-likeness (QED) is 0.808. The van der Waals surface area contributed by atoms with Crippen LogP contribution in [0.4, 0.5) is 0 Å². The summed E-state index contributed by atoms with van der Waals surface area (Å²) in [6.45, 7) is 12.8. The average Bonchev–Trinajstić information content (AvgIpc) is 2.36. The molecule has 0 fully saturated rings. The Morgan fingerprint density at radius 2 is 1.67 bits per heavy atom.